The number of amides is 1. The number of aryl methyl sites for hydroxylation is 1. The molecule has 0 aromatic carbocycles. The van der Waals surface area contributed by atoms with Gasteiger partial charge in [-0.1, -0.05) is 19.4 Å². The lowest BCUT2D eigenvalue weighted by Crippen LogP contribution is -2.62. The van der Waals surface area contributed by atoms with Crippen LogP contribution in [-0.2, 0) is 11.2 Å². The summed E-state index contributed by atoms with van der Waals surface area (Å²) in [6.07, 6.45) is 9.20. The quantitative estimate of drug-likeness (QED) is 0.787. The Morgan fingerprint density at radius 2 is 2.23 bits per heavy atom. The average Bonchev–Trinajstić information content (AvgIpc) is 2.55. The summed E-state index contributed by atoms with van der Waals surface area (Å²) in [4.78, 5) is 16.5. The van der Waals surface area contributed by atoms with Crippen LogP contribution in [0.2, 0.25) is 0 Å². The van der Waals surface area contributed by atoms with Crippen molar-refractivity contribution in [3.63, 3.8) is 0 Å². The minimum Gasteiger partial charge on any atom is -0.329 e. The van der Waals surface area contributed by atoms with E-state index in [1.807, 2.05) is 12.4 Å². The maximum Gasteiger partial charge on any atom is 0.237 e. The van der Waals surface area contributed by atoms with E-state index in [2.05, 4.69) is 28.8 Å². The summed E-state index contributed by atoms with van der Waals surface area (Å²) in [5.41, 5.74) is 14.4. The highest BCUT2D eigenvalue weighted by atomic mass is 16.2. The van der Waals surface area contributed by atoms with Gasteiger partial charge in [-0.2, -0.15) is 0 Å². The highest BCUT2D eigenvalue weighted by Gasteiger charge is 2.42. The Balaban J connectivity index is 1.77. The van der Waals surface area contributed by atoms with Crippen LogP contribution in [0.3, 0.4) is 0 Å². The van der Waals surface area contributed by atoms with E-state index in [0.29, 0.717) is 18.4 Å². The van der Waals surface area contributed by atoms with Gasteiger partial charge in [0.25, 0.3) is 0 Å². The highest BCUT2D eigenvalue weighted by Crippen LogP contribution is 2.42. The number of pyridine rings is 1. The first-order valence-corrected chi connectivity index (χ1v) is 8.42. The van der Waals surface area contributed by atoms with E-state index in [0.717, 1.165) is 32.1 Å². The third-order valence-corrected chi connectivity index (χ3v) is 5.21. The van der Waals surface area contributed by atoms with Gasteiger partial charge in [-0.3, -0.25) is 15.2 Å². The van der Waals surface area contributed by atoms with Gasteiger partial charge < -0.3 is 5.73 Å². The number of carbonyl (C=O) groups excluding carboxylic acids is 1. The molecule has 1 saturated heterocycles. The van der Waals surface area contributed by atoms with Gasteiger partial charge in [0, 0.05) is 30.9 Å². The summed E-state index contributed by atoms with van der Waals surface area (Å²) in [5.74, 6) is 1.06. The average molecular weight is 302 g/mol. The number of fused-ring (bicyclic) bond motifs is 1. The summed E-state index contributed by atoms with van der Waals surface area (Å²) in [6, 6.07) is 2.48. The summed E-state index contributed by atoms with van der Waals surface area (Å²) in [6.45, 7) is 2.75. The molecule has 1 aromatic rings. The van der Waals surface area contributed by atoms with E-state index in [4.69, 9.17) is 5.73 Å². The van der Waals surface area contributed by atoms with Gasteiger partial charge >= 0.3 is 0 Å². The Bertz CT molecular complexity index is 533. The van der Waals surface area contributed by atoms with Gasteiger partial charge in [0.2, 0.25) is 5.91 Å². The molecule has 1 aliphatic carbocycles. The zero-order chi connectivity index (χ0) is 15.5. The first-order chi connectivity index (χ1) is 10.7. The zero-order valence-corrected chi connectivity index (χ0v) is 13.2. The second-order valence-corrected chi connectivity index (χ2v) is 6.63. The Morgan fingerprint density at radius 3 is 3.00 bits per heavy atom. The predicted octanol–water partition coefficient (Wildman–Crippen LogP) is 1.50. The van der Waals surface area contributed by atoms with E-state index >= 15 is 0 Å². The normalized spacial score (nSPS) is 31.5. The summed E-state index contributed by atoms with van der Waals surface area (Å²) in [5, 5.41) is 0. The Hall–Kier alpha value is -1.46. The molecule has 0 radical (unpaired) electrons. The minimum absolute atomic E-state index is 0.109. The van der Waals surface area contributed by atoms with Crippen LogP contribution in [0, 0.1) is 11.8 Å². The van der Waals surface area contributed by atoms with Crippen LogP contribution in [0.4, 0.5) is 0 Å². The van der Waals surface area contributed by atoms with Crippen molar-refractivity contribution in [3.05, 3.63) is 29.6 Å². The van der Waals surface area contributed by atoms with Crippen molar-refractivity contribution in [1.29, 1.82) is 0 Å². The molecule has 1 saturated carbocycles. The third-order valence-electron chi connectivity index (χ3n) is 5.21. The maximum atomic E-state index is 12.0. The smallest absolute Gasteiger partial charge is 0.237 e. The monoisotopic (exact) mass is 302 g/mol. The first kappa shape index (κ1) is 15.4. The van der Waals surface area contributed by atoms with Crippen molar-refractivity contribution in [3.8, 4) is 0 Å². The van der Waals surface area contributed by atoms with Crippen LogP contribution in [-0.4, -0.2) is 23.5 Å². The minimum atomic E-state index is 0.109. The lowest BCUT2D eigenvalue weighted by molar-refractivity contribution is -0.133. The SMILES string of the molecule is CCCc1cncc(C2CCC3C(=O)NNC(CN)C3C2)c1. The molecule has 1 aromatic heterocycles. The summed E-state index contributed by atoms with van der Waals surface area (Å²) >= 11 is 0. The second kappa shape index (κ2) is 6.75. The molecule has 4 atom stereocenters. The van der Waals surface area contributed by atoms with Crippen LogP contribution in [0.15, 0.2) is 18.5 Å². The van der Waals surface area contributed by atoms with Gasteiger partial charge in [0.1, 0.15) is 0 Å². The molecule has 2 heterocycles. The topological polar surface area (TPSA) is 80.0 Å². The molecule has 1 amide bonds. The van der Waals surface area contributed by atoms with Crippen LogP contribution < -0.4 is 16.6 Å². The number of nitrogens with zero attached hydrogens (tertiary/aromatic N) is 1. The van der Waals surface area contributed by atoms with Crippen LogP contribution >= 0.6 is 0 Å². The van der Waals surface area contributed by atoms with E-state index in [1.165, 1.54) is 11.1 Å². The Labute approximate surface area is 132 Å². The van der Waals surface area contributed by atoms with Crippen molar-refractivity contribution in [2.24, 2.45) is 17.6 Å². The fourth-order valence-electron chi connectivity index (χ4n) is 4.03. The van der Waals surface area contributed by atoms with E-state index in [-0.39, 0.29) is 17.9 Å². The molecule has 3 rings (SSSR count). The highest BCUT2D eigenvalue weighted by molar-refractivity contribution is 5.79. The Morgan fingerprint density at radius 1 is 1.36 bits per heavy atom. The van der Waals surface area contributed by atoms with Gasteiger partial charge in [0.05, 0.1) is 0 Å². The first-order valence-electron chi connectivity index (χ1n) is 8.42. The number of rotatable bonds is 4. The molecule has 0 spiro atoms. The zero-order valence-electron chi connectivity index (χ0n) is 13.2. The predicted molar refractivity (Wildman–Crippen MR) is 85.9 cm³/mol. The number of hydrogen-bond donors (Lipinski definition) is 3. The molecule has 5 heteroatoms. The van der Waals surface area contributed by atoms with E-state index in [9.17, 15) is 4.79 Å². The molecule has 2 aliphatic rings. The standard InChI is InChI=1S/C17H26N4O/c1-2-3-11-6-13(10-19-9-11)12-4-5-14-15(7-12)16(8-18)20-21-17(14)22/h6,9-10,12,14-16,20H,2-5,7-8,18H2,1H3,(H,21,22). The molecule has 4 N–H and O–H groups in total. The molecule has 2 fully saturated rings. The van der Waals surface area contributed by atoms with Crippen molar-refractivity contribution in [2.75, 3.05) is 6.54 Å². The fraction of sp³-hybridized carbons (Fsp3) is 0.647. The summed E-state index contributed by atoms with van der Waals surface area (Å²) < 4.78 is 0. The van der Waals surface area contributed by atoms with Gasteiger partial charge in [-0.15, -0.1) is 0 Å². The van der Waals surface area contributed by atoms with E-state index in [1.54, 1.807) is 0 Å². The van der Waals surface area contributed by atoms with Gasteiger partial charge in [-0.05, 0) is 48.6 Å². The second-order valence-electron chi connectivity index (χ2n) is 6.63. The molecule has 0 bridgehead atoms. The lowest BCUT2D eigenvalue weighted by atomic mass is 9.68. The van der Waals surface area contributed by atoms with Crippen molar-refractivity contribution in [1.82, 2.24) is 15.8 Å². The molecular formula is C17H26N4O. The van der Waals surface area contributed by atoms with Crippen molar-refractivity contribution >= 4 is 5.91 Å². The van der Waals surface area contributed by atoms with Crippen LogP contribution in [0.25, 0.3) is 0 Å². The number of nitrogens with one attached hydrogen (secondary N) is 2. The number of carbonyl (C=O) groups is 1. The fourth-order valence-corrected chi connectivity index (χ4v) is 4.03. The maximum absolute atomic E-state index is 12.0. The van der Waals surface area contributed by atoms with E-state index < -0.39 is 0 Å². The lowest BCUT2D eigenvalue weighted by Gasteiger charge is -2.43. The number of aromatic nitrogens is 1. The molecule has 120 valence electrons. The largest absolute Gasteiger partial charge is 0.329 e. The Kier molecular flexibility index (Phi) is 4.74. The van der Waals surface area contributed by atoms with Gasteiger partial charge in [-0.25, -0.2) is 5.43 Å². The molecule has 22 heavy (non-hydrogen) atoms. The molecule has 4 unspecified atom stereocenters. The molecular weight excluding hydrogens is 276 g/mol. The van der Waals surface area contributed by atoms with Gasteiger partial charge in [0.15, 0.2) is 0 Å². The van der Waals surface area contributed by atoms with Crippen LogP contribution in [0.1, 0.15) is 49.7 Å². The number of nitrogens with two attached hydrogens (primary N) is 1. The molecule has 5 nitrogen and oxygen atoms in total. The summed E-state index contributed by atoms with van der Waals surface area (Å²) in [7, 11) is 0. The molecule has 1 aliphatic heterocycles. The third kappa shape index (κ3) is 3.01. The van der Waals surface area contributed by atoms with Crippen molar-refractivity contribution < 1.29 is 4.79 Å². The number of hydrazine groups is 1. The van der Waals surface area contributed by atoms with Crippen molar-refractivity contribution in [2.45, 2.75) is 51.0 Å². The number of hydrogen-bond acceptors (Lipinski definition) is 4. The van der Waals surface area contributed by atoms with Crippen LogP contribution in [0.5, 0.6) is 0 Å².